The molecule has 5 nitrogen and oxygen atoms in total. The fraction of sp³-hybridized carbons (Fsp3) is 0.529. The topological polar surface area (TPSA) is 66.8 Å². The molecule has 1 N–H and O–H groups in total. The van der Waals surface area contributed by atoms with E-state index in [4.69, 9.17) is 9.84 Å². The smallest absolute Gasteiger partial charge is 0.230 e. The minimum absolute atomic E-state index is 0.0805. The van der Waals surface area contributed by atoms with Gasteiger partial charge in [0.15, 0.2) is 5.78 Å². The number of Topliss-reactive ketones (excluding diaryl/α,β-unsaturated/α-hetero) is 1. The Hall–Kier alpha value is -1.88. The van der Waals surface area contributed by atoms with Gasteiger partial charge in [0, 0.05) is 11.5 Å². The number of amides is 1. The number of hydrogen-bond donors (Lipinski definition) is 1. The number of ether oxygens (including phenoxy) is 1. The summed E-state index contributed by atoms with van der Waals surface area (Å²) in [6.07, 6.45) is 5.31. The van der Waals surface area contributed by atoms with E-state index < -0.39 is 6.61 Å². The molecule has 0 saturated heterocycles. The second-order valence-electron chi connectivity index (χ2n) is 5.94. The lowest BCUT2D eigenvalue weighted by molar-refractivity contribution is -0.123. The molecule has 1 fully saturated rings. The highest BCUT2D eigenvalue weighted by Crippen LogP contribution is 2.35. The van der Waals surface area contributed by atoms with Gasteiger partial charge in [0.25, 0.3) is 0 Å². The van der Waals surface area contributed by atoms with Crippen molar-refractivity contribution in [2.75, 3.05) is 24.7 Å². The number of rotatable bonds is 3. The number of aliphatic hydroxyl groups is 1. The van der Waals surface area contributed by atoms with Gasteiger partial charge in [-0.05, 0) is 31.0 Å². The molecule has 0 unspecified atom stereocenters. The molecule has 3 rings (SSSR count). The highest BCUT2D eigenvalue weighted by atomic mass is 16.5. The second kappa shape index (κ2) is 6.48. The molecular weight excluding hydrogens is 282 g/mol. The maximum Gasteiger partial charge on any atom is 0.230 e. The Bertz CT molecular complexity index is 578. The normalized spacial score (nSPS) is 18.5. The maximum absolute atomic E-state index is 12.8. The van der Waals surface area contributed by atoms with Crippen LogP contribution >= 0.6 is 0 Å². The number of carbonyl (C=O) groups excluding carboxylic acids is 2. The van der Waals surface area contributed by atoms with Crippen LogP contribution in [-0.2, 0) is 4.79 Å². The Labute approximate surface area is 129 Å². The SMILES string of the molecule is O=C(CO)c1ccc2c(c1)N(C(=O)C1CCCCC1)CCO2. The van der Waals surface area contributed by atoms with Crippen LogP contribution in [0.4, 0.5) is 5.69 Å². The molecule has 22 heavy (non-hydrogen) atoms. The first-order chi connectivity index (χ1) is 10.7. The summed E-state index contributed by atoms with van der Waals surface area (Å²) in [6.45, 7) is 0.452. The van der Waals surface area contributed by atoms with Crippen molar-refractivity contribution in [2.24, 2.45) is 5.92 Å². The van der Waals surface area contributed by atoms with E-state index in [-0.39, 0.29) is 17.6 Å². The third-order valence-electron chi connectivity index (χ3n) is 4.51. The molecule has 1 saturated carbocycles. The van der Waals surface area contributed by atoms with E-state index in [0.717, 1.165) is 25.7 Å². The molecule has 0 atom stereocenters. The minimum atomic E-state index is -0.532. The average molecular weight is 303 g/mol. The van der Waals surface area contributed by atoms with E-state index >= 15 is 0 Å². The molecule has 2 aliphatic rings. The first-order valence-corrected chi connectivity index (χ1v) is 7.93. The van der Waals surface area contributed by atoms with Gasteiger partial charge >= 0.3 is 0 Å². The monoisotopic (exact) mass is 303 g/mol. The number of ketones is 1. The number of fused-ring (bicyclic) bond motifs is 1. The van der Waals surface area contributed by atoms with E-state index in [9.17, 15) is 9.59 Å². The van der Waals surface area contributed by atoms with Crippen LogP contribution in [0.15, 0.2) is 18.2 Å². The number of aliphatic hydroxyl groups excluding tert-OH is 1. The molecule has 1 aromatic rings. The first-order valence-electron chi connectivity index (χ1n) is 7.93. The van der Waals surface area contributed by atoms with Gasteiger partial charge in [-0.15, -0.1) is 0 Å². The average Bonchev–Trinajstić information content (AvgIpc) is 2.60. The van der Waals surface area contributed by atoms with E-state index in [1.165, 1.54) is 6.42 Å². The highest BCUT2D eigenvalue weighted by Gasteiger charge is 2.30. The van der Waals surface area contributed by atoms with Gasteiger partial charge in [-0.25, -0.2) is 0 Å². The lowest BCUT2D eigenvalue weighted by Crippen LogP contribution is -2.42. The minimum Gasteiger partial charge on any atom is -0.490 e. The molecule has 1 aliphatic heterocycles. The fourth-order valence-corrected chi connectivity index (χ4v) is 3.28. The van der Waals surface area contributed by atoms with Crippen LogP contribution in [0.5, 0.6) is 5.75 Å². The van der Waals surface area contributed by atoms with Crippen molar-refractivity contribution in [1.82, 2.24) is 0 Å². The molecule has 1 heterocycles. The zero-order valence-corrected chi connectivity index (χ0v) is 12.6. The van der Waals surface area contributed by atoms with Crippen molar-refractivity contribution < 1.29 is 19.4 Å². The number of carbonyl (C=O) groups is 2. The van der Waals surface area contributed by atoms with Gasteiger partial charge in [0.2, 0.25) is 5.91 Å². The summed E-state index contributed by atoms with van der Waals surface area (Å²) >= 11 is 0. The molecule has 0 radical (unpaired) electrons. The predicted molar refractivity (Wildman–Crippen MR) is 82.3 cm³/mol. The molecule has 118 valence electrons. The van der Waals surface area contributed by atoms with E-state index in [1.54, 1.807) is 23.1 Å². The van der Waals surface area contributed by atoms with Crippen LogP contribution in [0.3, 0.4) is 0 Å². The standard InChI is InChI=1S/C17H21NO4/c19-11-15(20)13-6-7-16-14(10-13)18(8-9-22-16)17(21)12-4-2-1-3-5-12/h6-7,10,12,19H,1-5,8-9,11H2. The fourth-order valence-electron chi connectivity index (χ4n) is 3.28. The van der Waals surface area contributed by atoms with Crippen LogP contribution in [0.2, 0.25) is 0 Å². The summed E-state index contributed by atoms with van der Waals surface area (Å²) in [6, 6.07) is 5.00. The summed E-state index contributed by atoms with van der Waals surface area (Å²) in [5, 5.41) is 9.01. The van der Waals surface area contributed by atoms with Gasteiger partial charge in [0.05, 0.1) is 12.2 Å². The van der Waals surface area contributed by atoms with Crippen LogP contribution in [-0.4, -0.2) is 36.6 Å². The van der Waals surface area contributed by atoms with Gasteiger partial charge in [-0.3, -0.25) is 9.59 Å². The molecule has 0 spiro atoms. The summed E-state index contributed by atoms with van der Waals surface area (Å²) in [7, 11) is 0. The molecule has 5 heteroatoms. The largest absolute Gasteiger partial charge is 0.490 e. The van der Waals surface area contributed by atoms with Gasteiger partial charge < -0.3 is 14.7 Å². The molecule has 1 amide bonds. The zero-order valence-electron chi connectivity index (χ0n) is 12.6. The molecule has 0 bridgehead atoms. The zero-order chi connectivity index (χ0) is 15.5. The van der Waals surface area contributed by atoms with Gasteiger partial charge in [-0.2, -0.15) is 0 Å². The second-order valence-corrected chi connectivity index (χ2v) is 5.94. The van der Waals surface area contributed by atoms with Gasteiger partial charge in [0.1, 0.15) is 19.0 Å². The van der Waals surface area contributed by atoms with Crippen molar-refractivity contribution in [3.05, 3.63) is 23.8 Å². The molecule has 1 aromatic carbocycles. The van der Waals surface area contributed by atoms with Crippen LogP contribution < -0.4 is 9.64 Å². The molecule has 1 aliphatic carbocycles. The number of anilines is 1. The Kier molecular flexibility index (Phi) is 4.43. The molecule has 0 aromatic heterocycles. The predicted octanol–water partition coefficient (Wildman–Crippen LogP) is 2.17. The Balaban J connectivity index is 1.88. The summed E-state index contributed by atoms with van der Waals surface area (Å²) in [5.74, 6) is 0.498. The summed E-state index contributed by atoms with van der Waals surface area (Å²) in [4.78, 5) is 26.2. The number of benzene rings is 1. The summed E-state index contributed by atoms with van der Waals surface area (Å²) < 4.78 is 5.59. The number of nitrogens with zero attached hydrogens (tertiary/aromatic N) is 1. The third-order valence-corrected chi connectivity index (χ3v) is 4.51. The third kappa shape index (κ3) is 2.86. The Morgan fingerprint density at radius 3 is 2.73 bits per heavy atom. The van der Waals surface area contributed by atoms with Crippen molar-refractivity contribution in [2.45, 2.75) is 32.1 Å². The van der Waals surface area contributed by atoms with E-state index in [2.05, 4.69) is 0 Å². The lowest BCUT2D eigenvalue weighted by Gasteiger charge is -2.33. The van der Waals surface area contributed by atoms with Crippen molar-refractivity contribution in [1.29, 1.82) is 0 Å². The van der Waals surface area contributed by atoms with Crippen molar-refractivity contribution in [3.63, 3.8) is 0 Å². The highest BCUT2D eigenvalue weighted by molar-refractivity contribution is 6.01. The van der Waals surface area contributed by atoms with Crippen LogP contribution in [0, 0.1) is 5.92 Å². The summed E-state index contributed by atoms with van der Waals surface area (Å²) in [5.41, 5.74) is 1.06. The van der Waals surface area contributed by atoms with Gasteiger partial charge in [-0.1, -0.05) is 19.3 Å². The van der Waals surface area contributed by atoms with E-state index in [0.29, 0.717) is 30.2 Å². The molecular formula is C17H21NO4. The quantitative estimate of drug-likeness (QED) is 0.869. The Morgan fingerprint density at radius 2 is 2.00 bits per heavy atom. The van der Waals surface area contributed by atoms with E-state index in [1.807, 2.05) is 0 Å². The van der Waals surface area contributed by atoms with Crippen molar-refractivity contribution in [3.8, 4) is 5.75 Å². The maximum atomic E-state index is 12.8. The van der Waals surface area contributed by atoms with Crippen LogP contribution in [0.1, 0.15) is 42.5 Å². The lowest BCUT2D eigenvalue weighted by atomic mass is 9.88. The number of hydrogen-bond acceptors (Lipinski definition) is 4. The first kappa shape index (κ1) is 15.0. The van der Waals surface area contributed by atoms with Crippen LogP contribution in [0.25, 0.3) is 0 Å². The van der Waals surface area contributed by atoms with Crippen molar-refractivity contribution >= 4 is 17.4 Å². The Morgan fingerprint density at radius 1 is 1.23 bits per heavy atom.